The van der Waals surface area contributed by atoms with Gasteiger partial charge in [-0.2, -0.15) is 0 Å². The number of ketones is 1. The van der Waals surface area contributed by atoms with Crippen LogP contribution in [-0.4, -0.2) is 28.9 Å². The molecule has 1 fully saturated rings. The molecule has 7 nitrogen and oxygen atoms in total. The molecule has 2 aromatic carbocycles. The first-order valence-electron chi connectivity index (χ1n) is 9.84. The number of aliphatic hydroxyl groups excluding tert-OH is 1. The molecule has 2 aromatic heterocycles. The van der Waals surface area contributed by atoms with Crippen molar-refractivity contribution in [2.45, 2.75) is 13.0 Å². The standard InChI is InChI=1S/C24H18N2O5S/c1-13-12-14(9-10-16(13)30-2)21(27)19-20(17-7-5-11-31-17)26(23(29)22(19)28)24-25-15-6-3-4-8-18(15)32-24/h3-12,20,27H,1-2H3/b21-19+. The van der Waals surface area contributed by atoms with Gasteiger partial charge in [-0.25, -0.2) is 4.98 Å². The van der Waals surface area contributed by atoms with Gasteiger partial charge in [0.05, 0.1) is 29.2 Å². The maximum Gasteiger partial charge on any atom is 0.302 e. The molecule has 3 heterocycles. The van der Waals surface area contributed by atoms with Crippen LogP contribution in [0.1, 0.15) is 22.9 Å². The molecule has 8 heteroatoms. The van der Waals surface area contributed by atoms with Crippen molar-refractivity contribution >= 4 is 44.1 Å². The monoisotopic (exact) mass is 446 g/mol. The van der Waals surface area contributed by atoms with Crippen LogP contribution in [0, 0.1) is 6.92 Å². The number of aryl methyl sites for hydroxylation is 1. The Morgan fingerprint density at radius 2 is 1.97 bits per heavy atom. The summed E-state index contributed by atoms with van der Waals surface area (Å²) in [5, 5.41) is 11.5. The predicted molar refractivity (Wildman–Crippen MR) is 121 cm³/mol. The lowest BCUT2D eigenvalue weighted by Crippen LogP contribution is -2.29. The summed E-state index contributed by atoms with van der Waals surface area (Å²) in [5.74, 6) is -0.831. The number of thiazole rings is 1. The first-order chi connectivity index (χ1) is 15.5. The van der Waals surface area contributed by atoms with E-state index in [1.807, 2.05) is 31.2 Å². The molecule has 1 unspecified atom stereocenters. The highest BCUT2D eigenvalue weighted by atomic mass is 32.1. The number of Topliss-reactive ketones (excluding diaryl/α,β-unsaturated/α-hetero) is 1. The van der Waals surface area contributed by atoms with E-state index in [1.54, 1.807) is 37.4 Å². The summed E-state index contributed by atoms with van der Waals surface area (Å²) in [4.78, 5) is 32.1. The van der Waals surface area contributed by atoms with Crippen molar-refractivity contribution in [3.63, 3.8) is 0 Å². The van der Waals surface area contributed by atoms with E-state index in [9.17, 15) is 14.7 Å². The van der Waals surface area contributed by atoms with Gasteiger partial charge < -0.3 is 14.3 Å². The summed E-state index contributed by atoms with van der Waals surface area (Å²) in [6.07, 6.45) is 1.46. The number of anilines is 1. The van der Waals surface area contributed by atoms with Gasteiger partial charge in [0.25, 0.3) is 5.78 Å². The quantitative estimate of drug-likeness (QED) is 0.274. The fourth-order valence-electron chi connectivity index (χ4n) is 3.89. The van der Waals surface area contributed by atoms with E-state index in [2.05, 4.69) is 4.98 Å². The molecule has 1 aliphatic rings. The van der Waals surface area contributed by atoms with Gasteiger partial charge in [-0.1, -0.05) is 23.5 Å². The SMILES string of the molecule is COc1ccc(/C(O)=C2\C(=O)C(=O)N(c3nc4ccccc4s3)C2c2ccco2)cc1C. The summed E-state index contributed by atoms with van der Waals surface area (Å²) in [6.45, 7) is 1.83. The van der Waals surface area contributed by atoms with Gasteiger partial charge in [0, 0.05) is 5.56 Å². The summed E-state index contributed by atoms with van der Waals surface area (Å²) in [6, 6.07) is 14.9. The van der Waals surface area contributed by atoms with Gasteiger partial charge in [0.2, 0.25) is 0 Å². The smallest absolute Gasteiger partial charge is 0.302 e. The Morgan fingerprint density at radius 1 is 1.16 bits per heavy atom. The number of aliphatic hydroxyl groups is 1. The maximum atomic E-state index is 13.1. The number of carbonyl (C=O) groups excluding carboxylic acids is 2. The van der Waals surface area contributed by atoms with E-state index >= 15 is 0 Å². The molecule has 1 N–H and O–H groups in total. The van der Waals surface area contributed by atoms with Gasteiger partial charge in [0.15, 0.2) is 5.13 Å². The summed E-state index contributed by atoms with van der Waals surface area (Å²) in [7, 11) is 1.56. The molecular weight excluding hydrogens is 428 g/mol. The van der Waals surface area contributed by atoms with Crippen molar-refractivity contribution in [1.82, 2.24) is 4.98 Å². The van der Waals surface area contributed by atoms with E-state index in [0.717, 1.165) is 15.8 Å². The minimum absolute atomic E-state index is 0.0474. The second-order valence-electron chi connectivity index (χ2n) is 7.33. The highest BCUT2D eigenvalue weighted by molar-refractivity contribution is 7.22. The molecule has 0 radical (unpaired) electrons. The highest BCUT2D eigenvalue weighted by Crippen LogP contribution is 2.44. The third-order valence-corrected chi connectivity index (χ3v) is 6.45. The number of para-hydroxylation sites is 1. The number of carbonyl (C=O) groups is 2. The molecule has 1 aliphatic heterocycles. The average molecular weight is 446 g/mol. The highest BCUT2D eigenvalue weighted by Gasteiger charge is 2.49. The first kappa shape index (κ1) is 20.0. The molecule has 0 bridgehead atoms. The van der Waals surface area contributed by atoms with Crippen molar-refractivity contribution in [3.05, 3.63) is 83.3 Å². The number of fused-ring (bicyclic) bond motifs is 1. The fourth-order valence-corrected chi connectivity index (χ4v) is 4.88. The Balaban J connectivity index is 1.70. The Kier molecular flexibility index (Phi) is 4.79. The lowest BCUT2D eigenvalue weighted by atomic mass is 9.98. The van der Waals surface area contributed by atoms with Gasteiger partial charge in [-0.3, -0.25) is 14.5 Å². The second kappa shape index (κ2) is 7.65. The lowest BCUT2D eigenvalue weighted by Gasteiger charge is -2.20. The van der Waals surface area contributed by atoms with Crippen LogP contribution in [0.4, 0.5) is 5.13 Å². The molecule has 160 valence electrons. The van der Waals surface area contributed by atoms with Crippen LogP contribution in [-0.2, 0) is 9.59 Å². The molecule has 5 rings (SSSR count). The number of ether oxygens (including phenoxy) is 1. The van der Waals surface area contributed by atoms with E-state index in [-0.39, 0.29) is 11.3 Å². The number of hydrogen-bond donors (Lipinski definition) is 1. The number of rotatable bonds is 4. The van der Waals surface area contributed by atoms with Crippen molar-refractivity contribution < 1.29 is 23.8 Å². The number of benzene rings is 2. The maximum absolute atomic E-state index is 13.1. The topological polar surface area (TPSA) is 92.9 Å². The molecule has 4 aromatic rings. The van der Waals surface area contributed by atoms with Gasteiger partial charge >= 0.3 is 5.91 Å². The van der Waals surface area contributed by atoms with Gasteiger partial charge in [-0.15, -0.1) is 0 Å². The zero-order valence-corrected chi connectivity index (χ0v) is 18.1. The molecule has 1 amide bonds. The van der Waals surface area contributed by atoms with Crippen LogP contribution in [0.25, 0.3) is 16.0 Å². The van der Waals surface area contributed by atoms with Crippen LogP contribution >= 0.6 is 11.3 Å². The zero-order valence-electron chi connectivity index (χ0n) is 17.2. The molecule has 0 saturated carbocycles. The largest absolute Gasteiger partial charge is 0.507 e. The number of nitrogens with zero attached hydrogens (tertiary/aromatic N) is 2. The van der Waals surface area contributed by atoms with Crippen molar-refractivity contribution in [2.75, 3.05) is 12.0 Å². The number of methoxy groups -OCH3 is 1. The summed E-state index contributed by atoms with van der Waals surface area (Å²) >= 11 is 1.30. The molecule has 0 aliphatic carbocycles. The van der Waals surface area contributed by atoms with Crippen LogP contribution in [0.5, 0.6) is 5.75 Å². The molecule has 1 saturated heterocycles. The average Bonchev–Trinajstić information content (AvgIpc) is 3.52. The molecule has 32 heavy (non-hydrogen) atoms. The van der Waals surface area contributed by atoms with Crippen LogP contribution in [0.2, 0.25) is 0 Å². The number of furan rings is 1. The molecular formula is C24H18N2O5S. The summed E-state index contributed by atoms with van der Waals surface area (Å²) < 4.78 is 11.7. The van der Waals surface area contributed by atoms with E-state index < -0.39 is 17.7 Å². The minimum Gasteiger partial charge on any atom is -0.507 e. The lowest BCUT2D eigenvalue weighted by molar-refractivity contribution is -0.132. The van der Waals surface area contributed by atoms with Gasteiger partial charge in [-0.05, 0) is 55.0 Å². The normalized spacial score (nSPS) is 17.9. The van der Waals surface area contributed by atoms with E-state index in [1.165, 1.54) is 22.5 Å². The van der Waals surface area contributed by atoms with E-state index in [0.29, 0.717) is 22.2 Å². The number of amides is 1. The van der Waals surface area contributed by atoms with Crippen molar-refractivity contribution in [2.24, 2.45) is 0 Å². The van der Waals surface area contributed by atoms with E-state index in [4.69, 9.17) is 9.15 Å². The van der Waals surface area contributed by atoms with Crippen LogP contribution in [0.15, 0.2) is 70.9 Å². The van der Waals surface area contributed by atoms with Crippen LogP contribution < -0.4 is 9.64 Å². The number of aromatic nitrogens is 1. The third kappa shape index (κ3) is 3.07. The fraction of sp³-hybridized carbons (Fsp3) is 0.125. The van der Waals surface area contributed by atoms with Crippen LogP contribution in [0.3, 0.4) is 0 Å². The van der Waals surface area contributed by atoms with Crippen molar-refractivity contribution in [3.8, 4) is 5.75 Å². The summed E-state index contributed by atoms with van der Waals surface area (Å²) in [5.41, 5.74) is 1.86. The zero-order chi connectivity index (χ0) is 22.4. The number of hydrogen-bond acceptors (Lipinski definition) is 7. The minimum atomic E-state index is -0.937. The van der Waals surface area contributed by atoms with Crippen molar-refractivity contribution in [1.29, 1.82) is 0 Å². The van der Waals surface area contributed by atoms with Gasteiger partial charge in [0.1, 0.15) is 23.3 Å². The third-order valence-electron chi connectivity index (χ3n) is 5.41. The Hall–Kier alpha value is -3.91. The second-order valence-corrected chi connectivity index (χ2v) is 8.34. The Labute approximate surface area is 187 Å². The predicted octanol–water partition coefficient (Wildman–Crippen LogP) is 4.83. The Bertz CT molecular complexity index is 1350. The molecule has 0 spiro atoms. The Morgan fingerprint density at radius 3 is 2.66 bits per heavy atom. The first-order valence-corrected chi connectivity index (χ1v) is 10.7. The molecule has 1 atom stereocenters.